The molecule has 5 aromatic rings. The number of H-pyrrole nitrogens is 2. The van der Waals surface area contributed by atoms with Gasteiger partial charge in [0.05, 0.1) is 16.4 Å². The van der Waals surface area contributed by atoms with Crippen molar-refractivity contribution in [1.29, 1.82) is 0 Å². The molecule has 0 spiro atoms. The number of pyridine rings is 1. The van der Waals surface area contributed by atoms with E-state index < -0.39 is 0 Å². The summed E-state index contributed by atoms with van der Waals surface area (Å²) in [4.78, 5) is 19.9. The van der Waals surface area contributed by atoms with Crippen LogP contribution in [0, 0.1) is 6.92 Å². The van der Waals surface area contributed by atoms with E-state index in [-0.39, 0.29) is 5.43 Å². The zero-order chi connectivity index (χ0) is 15.6. The quantitative estimate of drug-likeness (QED) is 0.402. The maximum Gasteiger partial charge on any atom is 0.199 e. The lowest BCUT2D eigenvalue weighted by atomic mass is 10.1. The predicted octanol–water partition coefficient (Wildman–Crippen LogP) is 4.62. The molecule has 2 aromatic heterocycles. The summed E-state index contributed by atoms with van der Waals surface area (Å²) in [5.41, 5.74) is 4.88. The molecule has 3 nitrogen and oxygen atoms in total. The highest BCUT2D eigenvalue weighted by Crippen LogP contribution is 2.30. The van der Waals surface area contributed by atoms with Crippen molar-refractivity contribution in [3.8, 4) is 0 Å². The highest BCUT2D eigenvalue weighted by molar-refractivity contribution is 6.17. The molecule has 0 aliphatic carbocycles. The Morgan fingerprint density at radius 1 is 0.739 bits per heavy atom. The molecular formula is C20H14N2O. The maximum atomic E-state index is 13.1. The lowest BCUT2D eigenvalue weighted by molar-refractivity contribution is 1.44. The van der Waals surface area contributed by atoms with Crippen LogP contribution in [0.2, 0.25) is 0 Å². The van der Waals surface area contributed by atoms with Crippen LogP contribution in [-0.2, 0) is 0 Å². The number of hydrogen-bond donors (Lipinski definition) is 2. The van der Waals surface area contributed by atoms with E-state index in [1.54, 1.807) is 0 Å². The van der Waals surface area contributed by atoms with Gasteiger partial charge in [-0.05, 0) is 31.2 Å². The molecule has 0 saturated heterocycles. The van der Waals surface area contributed by atoms with Gasteiger partial charge in [0.2, 0.25) is 0 Å². The first-order valence-corrected chi connectivity index (χ1v) is 7.68. The Kier molecular flexibility index (Phi) is 2.29. The minimum absolute atomic E-state index is 0.0783. The normalized spacial score (nSPS) is 11.9. The minimum atomic E-state index is 0.0783. The largest absolute Gasteiger partial charge is 0.354 e. The molecule has 0 saturated carbocycles. The Morgan fingerprint density at radius 3 is 2.43 bits per heavy atom. The number of hydrogen-bond acceptors (Lipinski definition) is 1. The average Bonchev–Trinajstić information content (AvgIpc) is 2.94. The summed E-state index contributed by atoms with van der Waals surface area (Å²) in [5.74, 6) is 0. The van der Waals surface area contributed by atoms with E-state index in [4.69, 9.17) is 0 Å². The number of nitrogens with one attached hydrogen (secondary N) is 2. The van der Waals surface area contributed by atoms with Crippen LogP contribution in [0.3, 0.4) is 0 Å². The number of benzene rings is 3. The van der Waals surface area contributed by atoms with Gasteiger partial charge in [-0.2, -0.15) is 0 Å². The highest BCUT2D eigenvalue weighted by atomic mass is 16.1. The summed E-state index contributed by atoms with van der Waals surface area (Å²) < 4.78 is 0. The van der Waals surface area contributed by atoms with Crippen LogP contribution in [0.1, 0.15) is 5.56 Å². The van der Waals surface area contributed by atoms with Gasteiger partial charge in [-0.3, -0.25) is 4.79 Å². The third-order valence-corrected chi connectivity index (χ3v) is 4.60. The van der Waals surface area contributed by atoms with Gasteiger partial charge in [-0.25, -0.2) is 0 Å². The molecule has 0 bridgehead atoms. The van der Waals surface area contributed by atoms with Crippen molar-refractivity contribution in [3.05, 3.63) is 70.4 Å². The summed E-state index contributed by atoms with van der Waals surface area (Å²) in [7, 11) is 0. The Morgan fingerprint density at radius 2 is 1.52 bits per heavy atom. The molecule has 3 heteroatoms. The first-order valence-electron chi connectivity index (χ1n) is 7.68. The molecule has 0 atom stereocenters. The summed E-state index contributed by atoms with van der Waals surface area (Å²) in [6.07, 6.45) is 0. The molecule has 0 unspecified atom stereocenters. The van der Waals surface area contributed by atoms with Crippen LogP contribution < -0.4 is 5.43 Å². The van der Waals surface area contributed by atoms with Gasteiger partial charge in [-0.1, -0.05) is 35.9 Å². The molecule has 110 valence electrons. The Balaban J connectivity index is 2.09. The second-order valence-electron chi connectivity index (χ2n) is 6.08. The van der Waals surface area contributed by atoms with Crippen LogP contribution in [0.4, 0.5) is 0 Å². The van der Waals surface area contributed by atoms with Gasteiger partial charge >= 0.3 is 0 Å². The maximum absolute atomic E-state index is 13.1. The standard InChI is InChI=1S/C20H14N2O/c1-11-6-8-16-14(10-11)20(23)18-17(21-16)9-7-13-12-4-2-3-5-15(12)22-19(13)18/h2-10,22H,1H3,(H,21,23). The zero-order valence-electron chi connectivity index (χ0n) is 12.6. The van der Waals surface area contributed by atoms with Crippen molar-refractivity contribution in [2.24, 2.45) is 0 Å². The molecule has 0 radical (unpaired) electrons. The van der Waals surface area contributed by atoms with Gasteiger partial charge in [0.15, 0.2) is 5.43 Å². The first-order chi connectivity index (χ1) is 11.2. The fourth-order valence-electron chi connectivity index (χ4n) is 3.49. The number of para-hydroxylation sites is 1. The van der Waals surface area contributed by atoms with E-state index in [0.717, 1.165) is 49.2 Å². The number of aromatic amines is 2. The van der Waals surface area contributed by atoms with Crippen LogP contribution in [0.25, 0.3) is 43.6 Å². The van der Waals surface area contributed by atoms with E-state index in [1.807, 2.05) is 49.4 Å². The molecule has 23 heavy (non-hydrogen) atoms. The molecule has 0 amide bonds. The molecule has 0 fully saturated rings. The van der Waals surface area contributed by atoms with Gasteiger partial charge in [-0.15, -0.1) is 0 Å². The van der Waals surface area contributed by atoms with Crippen LogP contribution in [0.15, 0.2) is 59.4 Å². The second kappa shape index (κ2) is 4.23. The van der Waals surface area contributed by atoms with E-state index in [0.29, 0.717) is 0 Å². The van der Waals surface area contributed by atoms with Crippen molar-refractivity contribution < 1.29 is 0 Å². The Hall–Kier alpha value is -3.07. The van der Waals surface area contributed by atoms with E-state index in [2.05, 4.69) is 22.1 Å². The van der Waals surface area contributed by atoms with Crippen LogP contribution in [-0.4, -0.2) is 9.97 Å². The van der Waals surface area contributed by atoms with Crippen molar-refractivity contribution in [2.45, 2.75) is 6.92 Å². The molecule has 5 rings (SSSR count). The fraction of sp³-hybridized carbons (Fsp3) is 0.0500. The number of rotatable bonds is 0. The van der Waals surface area contributed by atoms with Gasteiger partial charge < -0.3 is 9.97 Å². The van der Waals surface area contributed by atoms with E-state index >= 15 is 0 Å². The monoisotopic (exact) mass is 298 g/mol. The van der Waals surface area contributed by atoms with Crippen molar-refractivity contribution >= 4 is 43.6 Å². The first kappa shape index (κ1) is 12.5. The number of aromatic nitrogens is 2. The molecule has 2 heterocycles. The van der Waals surface area contributed by atoms with E-state index in [1.165, 1.54) is 0 Å². The third-order valence-electron chi connectivity index (χ3n) is 4.60. The molecule has 0 aliphatic rings. The lowest BCUT2D eigenvalue weighted by Gasteiger charge is -2.04. The lowest BCUT2D eigenvalue weighted by Crippen LogP contribution is -2.05. The van der Waals surface area contributed by atoms with Crippen molar-refractivity contribution in [2.75, 3.05) is 0 Å². The smallest absolute Gasteiger partial charge is 0.199 e. The minimum Gasteiger partial charge on any atom is -0.354 e. The van der Waals surface area contributed by atoms with Crippen LogP contribution in [0.5, 0.6) is 0 Å². The summed E-state index contributed by atoms with van der Waals surface area (Å²) >= 11 is 0. The van der Waals surface area contributed by atoms with E-state index in [9.17, 15) is 4.79 Å². The zero-order valence-corrected chi connectivity index (χ0v) is 12.6. The molecular weight excluding hydrogens is 284 g/mol. The molecule has 3 aromatic carbocycles. The van der Waals surface area contributed by atoms with Gasteiger partial charge in [0, 0.05) is 27.2 Å². The Labute approximate surface area is 131 Å². The fourth-order valence-corrected chi connectivity index (χ4v) is 3.49. The summed E-state index contributed by atoms with van der Waals surface area (Å²) in [6, 6.07) is 18.2. The van der Waals surface area contributed by atoms with Crippen molar-refractivity contribution in [3.63, 3.8) is 0 Å². The highest BCUT2D eigenvalue weighted by Gasteiger charge is 2.12. The molecule has 0 aliphatic heterocycles. The van der Waals surface area contributed by atoms with Gasteiger partial charge in [0.1, 0.15) is 0 Å². The second-order valence-corrected chi connectivity index (χ2v) is 6.08. The predicted molar refractivity (Wildman–Crippen MR) is 96.2 cm³/mol. The topological polar surface area (TPSA) is 48.6 Å². The van der Waals surface area contributed by atoms with Crippen molar-refractivity contribution in [1.82, 2.24) is 9.97 Å². The average molecular weight is 298 g/mol. The number of fused-ring (bicyclic) bond motifs is 6. The molecule has 2 N–H and O–H groups in total. The van der Waals surface area contributed by atoms with Gasteiger partial charge in [0.25, 0.3) is 0 Å². The third kappa shape index (κ3) is 1.62. The Bertz CT molecular complexity index is 1290. The summed E-state index contributed by atoms with van der Waals surface area (Å²) in [6.45, 7) is 2.01. The number of aryl methyl sites for hydroxylation is 1. The SMILES string of the molecule is Cc1ccc2[nH]c3ccc4c5ccccc5[nH]c4c3c(=O)c2c1. The van der Waals surface area contributed by atoms with Crippen LogP contribution >= 0.6 is 0 Å². The summed E-state index contributed by atoms with van der Waals surface area (Å²) in [5, 5.41) is 3.71.